The molecule has 0 aromatic heterocycles. The minimum absolute atomic E-state index is 0.103. The first kappa shape index (κ1) is 9.59. The first-order valence-corrected chi connectivity index (χ1v) is 4.83. The van der Waals surface area contributed by atoms with Gasteiger partial charge in [-0.15, -0.1) is 0 Å². The lowest BCUT2D eigenvalue weighted by Gasteiger charge is -2.28. The molecule has 1 aliphatic heterocycles. The van der Waals surface area contributed by atoms with Gasteiger partial charge in [-0.3, -0.25) is 4.90 Å². The molecule has 1 aromatic carbocycles. The van der Waals surface area contributed by atoms with Crippen LogP contribution in [-0.4, -0.2) is 24.4 Å². The first-order chi connectivity index (χ1) is 6.75. The van der Waals surface area contributed by atoms with E-state index in [0.29, 0.717) is 6.54 Å². The van der Waals surface area contributed by atoms with E-state index in [0.717, 1.165) is 13.0 Å². The summed E-state index contributed by atoms with van der Waals surface area (Å²) >= 11 is 0. The Balaban J connectivity index is 2.06. The van der Waals surface area contributed by atoms with E-state index in [1.165, 1.54) is 11.1 Å². The summed E-state index contributed by atoms with van der Waals surface area (Å²) in [6, 6.07) is 8.06. The Labute approximate surface area is 82.3 Å². The summed E-state index contributed by atoms with van der Waals surface area (Å²) in [7, 11) is 0. The van der Waals surface area contributed by atoms with E-state index in [-0.39, 0.29) is 6.54 Å². The van der Waals surface area contributed by atoms with Gasteiger partial charge in [0.1, 0.15) is 0 Å². The molecule has 3 heteroatoms. The maximum absolute atomic E-state index is 12.2. The Morgan fingerprint density at radius 1 is 1.21 bits per heavy atom. The number of benzene rings is 1. The fourth-order valence-corrected chi connectivity index (χ4v) is 1.91. The molecule has 1 aromatic rings. The van der Waals surface area contributed by atoms with E-state index in [2.05, 4.69) is 6.07 Å². The Morgan fingerprint density at radius 3 is 2.64 bits per heavy atom. The highest BCUT2D eigenvalue weighted by Gasteiger charge is 2.18. The van der Waals surface area contributed by atoms with Crippen molar-refractivity contribution in [1.29, 1.82) is 0 Å². The monoisotopic (exact) mass is 197 g/mol. The van der Waals surface area contributed by atoms with Gasteiger partial charge >= 0.3 is 0 Å². The van der Waals surface area contributed by atoms with Gasteiger partial charge in [0.05, 0.1) is 6.54 Å². The van der Waals surface area contributed by atoms with Crippen LogP contribution in [0.15, 0.2) is 24.3 Å². The Bertz CT molecular complexity index is 312. The standard InChI is InChI=1S/C11H13F2N/c12-11(13)8-14-6-5-9-3-1-2-4-10(9)7-14/h1-4,11H,5-8H2. The van der Waals surface area contributed by atoms with Crippen molar-refractivity contribution in [3.63, 3.8) is 0 Å². The third-order valence-electron chi connectivity index (χ3n) is 2.61. The fourth-order valence-electron chi connectivity index (χ4n) is 1.91. The lowest BCUT2D eigenvalue weighted by atomic mass is 10.0. The normalized spacial score (nSPS) is 17.1. The van der Waals surface area contributed by atoms with E-state index in [9.17, 15) is 8.78 Å². The molecule has 1 aliphatic rings. The predicted octanol–water partition coefficient (Wildman–Crippen LogP) is 2.31. The molecule has 0 radical (unpaired) electrons. The van der Waals surface area contributed by atoms with Crippen LogP contribution in [0.3, 0.4) is 0 Å². The molecule has 0 saturated heterocycles. The smallest absolute Gasteiger partial charge is 0.251 e. The summed E-state index contributed by atoms with van der Waals surface area (Å²) in [5.74, 6) is 0. The fraction of sp³-hybridized carbons (Fsp3) is 0.455. The van der Waals surface area contributed by atoms with Crippen molar-refractivity contribution in [2.45, 2.75) is 19.4 Å². The quantitative estimate of drug-likeness (QED) is 0.703. The zero-order valence-corrected chi connectivity index (χ0v) is 7.92. The highest BCUT2D eigenvalue weighted by Crippen LogP contribution is 2.18. The lowest BCUT2D eigenvalue weighted by molar-refractivity contribution is 0.0821. The summed E-state index contributed by atoms with van der Waals surface area (Å²) in [5, 5.41) is 0. The summed E-state index contributed by atoms with van der Waals surface area (Å²) in [4.78, 5) is 1.81. The van der Waals surface area contributed by atoms with Crippen LogP contribution in [0.1, 0.15) is 11.1 Å². The van der Waals surface area contributed by atoms with Crippen molar-refractivity contribution >= 4 is 0 Å². The second-order valence-electron chi connectivity index (χ2n) is 3.64. The maximum Gasteiger partial charge on any atom is 0.251 e. The molecule has 0 spiro atoms. The van der Waals surface area contributed by atoms with Crippen LogP contribution in [0.5, 0.6) is 0 Å². The van der Waals surface area contributed by atoms with Gasteiger partial charge in [-0.25, -0.2) is 8.78 Å². The molecule has 14 heavy (non-hydrogen) atoms. The van der Waals surface area contributed by atoms with Gasteiger partial charge in [0.2, 0.25) is 0 Å². The molecule has 2 rings (SSSR count). The summed E-state index contributed by atoms with van der Waals surface area (Å²) in [5.41, 5.74) is 2.50. The van der Waals surface area contributed by atoms with Gasteiger partial charge in [-0.05, 0) is 17.5 Å². The average molecular weight is 197 g/mol. The van der Waals surface area contributed by atoms with Crippen LogP contribution < -0.4 is 0 Å². The lowest BCUT2D eigenvalue weighted by Crippen LogP contribution is -2.34. The van der Waals surface area contributed by atoms with Crippen LogP contribution in [-0.2, 0) is 13.0 Å². The average Bonchev–Trinajstić information content (AvgIpc) is 2.17. The zero-order valence-electron chi connectivity index (χ0n) is 7.92. The van der Waals surface area contributed by atoms with Gasteiger partial charge in [-0.2, -0.15) is 0 Å². The molecule has 1 heterocycles. The second-order valence-corrected chi connectivity index (χ2v) is 3.64. The van der Waals surface area contributed by atoms with Gasteiger partial charge < -0.3 is 0 Å². The maximum atomic E-state index is 12.2. The van der Waals surface area contributed by atoms with Crippen molar-refractivity contribution in [2.75, 3.05) is 13.1 Å². The van der Waals surface area contributed by atoms with Crippen LogP contribution >= 0.6 is 0 Å². The highest BCUT2D eigenvalue weighted by molar-refractivity contribution is 5.28. The molecule has 0 atom stereocenters. The van der Waals surface area contributed by atoms with Gasteiger partial charge in [0.25, 0.3) is 6.43 Å². The van der Waals surface area contributed by atoms with Crippen LogP contribution in [0.4, 0.5) is 8.78 Å². The Hall–Kier alpha value is -0.960. The number of hydrogen-bond acceptors (Lipinski definition) is 1. The van der Waals surface area contributed by atoms with Crippen LogP contribution in [0, 0.1) is 0 Å². The number of nitrogens with zero attached hydrogens (tertiary/aromatic N) is 1. The van der Waals surface area contributed by atoms with Crippen LogP contribution in [0.25, 0.3) is 0 Å². The molecule has 0 aliphatic carbocycles. The third kappa shape index (κ3) is 2.10. The molecule has 0 amide bonds. The van der Waals surface area contributed by atoms with Crippen molar-refractivity contribution in [2.24, 2.45) is 0 Å². The van der Waals surface area contributed by atoms with E-state index in [4.69, 9.17) is 0 Å². The van der Waals surface area contributed by atoms with Gasteiger partial charge in [-0.1, -0.05) is 24.3 Å². The summed E-state index contributed by atoms with van der Waals surface area (Å²) in [6.45, 7) is 1.32. The third-order valence-corrected chi connectivity index (χ3v) is 2.61. The second kappa shape index (κ2) is 4.05. The molecular formula is C11H13F2N. The van der Waals surface area contributed by atoms with E-state index in [1.807, 2.05) is 23.1 Å². The van der Waals surface area contributed by atoms with Gasteiger partial charge in [0, 0.05) is 13.1 Å². The Kier molecular flexibility index (Phi) is 2.77. The Morgan fingerprint density at radius 2 is 1.93 bits per heavy atom. The molecule has 0 unspecified atom stereocenters. The minimum atomic E-state index is -2.22. The first-order valence-electron chi connectivity index (χ1n) is 4.83. The molecule has 0 N–H and O–H groups in total. The molecule has 1 nitrogen and oxygen atoms in total. The largest absolute Gasteiger partial charge is 0.293 e. The summed E-state index contributed by atoms with van der Waals surface area (Å²) < 4.78 is 24.3. The molecule has 0 fully saturated rings. The predicted molar refractivity (Wildman–Crippen MR) is 51.4 cm³/mol. The minimum Gasteiger partial charge on any atom is -0.293 e. The van der Waals surface area contributed by atoms with Crippen molar-refractivity contribution in [3.05, 3.63) is 35.4 Å². The van der Waals surface area contributed by atoms with Gasteiger partial charge in [0.15, 0.2) is 0 Å². The van der Waals surface area contributed by atoms with Crippen LogP contribution in [0.2, 0.25) is 0 Å². The number of hydrogen-bond donors (Lipinski definition) is 0. The molecular weight excluding hydrogens is 184 g/mol. The number of rotatable bonds is 2. The molecule has 0 bridgehead atoms. The van der Waals surface area contributed by atoms with E-state index >= 15 is 0 Å². The number of alkyl halides is 2. The topological polar surface area (TPSA) is 3.24 Å². The van der Waals surface area contributed by atoms with E-state index < -0.39 is 6.43 Å². The number of halogens is 2. The van der Waals surface area contributed by atoms with E-state index in [1.54, 1.807) is 0 Å². The molecule has 76 valence electrons. The van der Waals surface area contributed by atoms with Crippen molar-refractivity contribution in [3.8, 4) is 0 Å². The summed E-state index contributed by atoms with van der Waals surface area (Å²) in [6.07, 6.45) is -1.33. The van der Waals surface area contributed by atoms with Crippen molar-refractivity contribution in [1.82, 2.24) is 4.90 Å². The SMILES string of the molecule is FC(F)CN1CCc2ccccc2C1. The highest BCUT2D eigenvalue weighted by atomic mass is 19.3. The zero-order chi connectivity index (χ0) is 9.97. The number of fused-ring (bicyclic) bond motifs is 1. The molecule has 0 saturated carbocycles. The van der Waals surface area contributed by atoms with Crippen molar-refractivity contribution < 1.29 is 8.78 Å².